The van der Waals surface area contributed by atoms with Crippen molar-refractivity contribution >= 4 is 11.0 Å². The molecule has 2 aliphatic carbocycles. The zero-order valence-corrected chi connectivity index (χ0v) is 16.4. The molecule has 0 radical (unpaired) electrons. The van der Waals surface area contributed by atoms with Crippen molar-refractivity contribution in [2.24, 2.45) is 5.41 Å². The summed E-state index contributed by atoms with van der Waals surface area (Å²) in [6.45, 7) is 4.65. The summed E-state index contributed by atoms with van der Waals surface area (Å²) in [4.78, 5) is 29.4. The van der Waals surface area contributed by atoms with Gasteiger partial charge in [-0.05, 0) is 50.0 Å². The van der Waals surface area contributed by atoms with E-state index < -0.39 is 0 Å². The van der Waals surface area contributed by atoms with E-state index in [1.165, 1.54) is 12.8 Å². The second kappa shape index (κ2) is 6.50. The van der Waals surface area contributed by atoms with Crippen LogP contribution >= 0.6 is 0 Å². The lowest BCUT2D eigenvalue weighted by Gasteiger charge is -2.35. The Labute approximate surface area is 163 Å². The molecule has 3 aromatic rings. The predicted octanol–water partition coefficient (Wildman–Crippen LogP) is 3.71. The number of hydrogen-bond donors (Lipinski definition) is 1. The molecule has 146 valence electrons. The Hall–Kier alpha value is -2.57. The van der Waals surface area contributed by atoms with Crippen LogP contribution in [0.25, 0.3) is 11.0 Å². The number of fused-ring (bicyclic) bond motifs is 1. The van der Waals surface area contributed by atoms with Crippen LogP contribution in [-0.4, -0.2) is 29.7 Å². The lowest BCUT2D eigenvalue weighted by molar-refractivity contribution is 0.188. The van der Waals surface area contributed by atoms with Gasteiger partial charge < -0.3 is 4.98 Å². The fourth-order valence-corrected chi connectivity index (χ4v) is 4.66. The van der Waals surface area contributed by atoms with Gasteiger partial charge in [0.15, 0.2) is 5.65 Å². The molecule has 0 amide bonds. The molecule has 0 aliphatic heterocycles. The third-order valence-corrected chi connectivity index (χ3v) is 6.68. The number of nitrogens with zero attached hydrogens (tertiary/aromatic N) is 5. The molecule has 0 bridgehead atoms. The van der Waals surface area contributed by atoms with E-state index in [2.05, 4.69) is 33.9 Å². The quantitative estimate of drug-likeness (QED) is 0.750. The molecule has 2 fully saturated rings. The highest BCUT2D eigenvalue weighted by molar-refractivity contribution is 5.73. The Morgan fingerprint density at radius 1 is 1.07 bits per heavy atom. The van der Waals surface area contributed by atoms with Crippen molar-refractivity contribution in [3.8, 4) is 0 Å². The molecule has 0 aromatic carbocycles. The second-order valence-corrected chi connectivity index (χ2v) is 9.07. The maximum atomic E-state index is 12.7. The first-order chi connectivity index (χ1) is 13.5. The smallest absolute Gasteiger partial charge is 0.262 e. The van der Waals surface area contributed by atoms with Crippen molar-refractivity contribution in [1.29, 1.82) is 0 Å². The Bertz CT molecular complexity index is 1040. The summed E-state index contributed by atoms with van der Waals surface area (Å²) >= 11 is 0. The molecule has 0 spiro atoms. The molecule has 3 heterocycles. The van der Waals surface area contributed by atoms with Gasteiger partial charge in [0.1, 0.15) is 17.0 Å². The lowest BCUT2D eigenvalue weighted by Crippen LogP contribution is -2.28. The topological polar surface area (TPSA) is 89.4 Å². The molecule has 2 saturated carbocycles. The fourth-order valence-electron chi connectivity index (χ4n) is 4.66. The fraction of sp³-hybridized carbons (Fsp3) is 0.571. The van der Waals surface area contributed by atoms with E-state index in [0.29, 0.717) is 16.8 Å². The van der Waals surface area contributed by atoms with Crippen LogP contribution in [0.3, 0.4) is 0 Å². The summed E-state index contributed by atoms with van der Waals surface area (Å²) in [6.07, 6.45) is 11.7. The van der Waals surface area contributed by atoms with Crippen molar-refractivity contribution in [1.82, 2.24) is 29.7 Å². The maximum absolute atomic E-state index is 12.7. The van der Waals surface area contributed by atoms with Gasteiger partial charge in [-0.25, -0.2) is 19.6 Å². The van der Waals surface area contributed by atoms with Crippen molar-refractivity contribution in [3.63, 3.8) is 0 Å². The van der Waals surface area contributed by atoms with Crippen molar-refractivity contribution in [2.75, 3.05) is 0 Å². The van der Waals surface area contributed by atoms with E-state index in [4.69, 9.17) is 4.98 Å². The zero-order chi connectivity index (χ0) is 19.3. The third-order valence-electron chi connectivity index (χ3n) is 6.68. The molecule has 1 N–H and O–H groups in total. The molecule has 7 nitrogen and oxygen atoms in total. The third kappa shape index (κ3) is 2.93. The van der Waals surface area contributed by atoms with E-state index in [1.807, 2.05) is 10.7 Å². The maximum Gasteiger partial charge on any atom is 0.262 e. The van der Waals surface area contributed by atoms with Gasteiger partial charge >= 0.3 is 0 Å². The number of aromatic nitrogens is 6. The molecular formula is C21H26N6O. The first-order valence-corrected chi connectivity index (χ1v) is 10.3. The Morgan fingerprint density at radius 3 is 2.46 bits per heavy atom. The van der Waals surface area contributed by atoms with Gasteiger partial charge in [-0.1, -0.05) is 13.8 Å². The van der Waals surface area contributed by atoms with Gasteiger partial charge in [-0.15, -0.1) is 0 Å². The molecule has 2 atom stereocenters. The zero-order valence-electron chi connectivity index (χ0n) is 16.4. The Morgan fingerprint density at radius 2 is 1.79 bits per heavy atom. The molecule has 7 heteroatoms. The van der Waals surface area contributed by atoms with Crippen LogP contribution in [0.15, 0.2) is 29.5 Å². The second-order valence-electron chi connectivity index (χ2n) is 9.07. The van der Waals surface area contributed by atoms with E-state index in [9.17, 15) is 4.79 Å². The number of hydrogen-bond acceptors (Lipinski definition) is 5. The monoisotopic (exact) mass is 378 g/mol. The average Bonchev–Trinajstić information content (AvgIpc) is 3.06. The van der Waals surface area contributed by atoms with Crippen LogP contribution in [0.4, 0.5) is 0 Å². The van der Waals surface area contributed by atoms with E-state index in [-0.39, 0.29) is 17.4 Å². The summed E-state index contributed by atoms with van der Waals surface area (Å²) in [5.74, 6) is 1.96. The number of rotatable bonds is 3. The van der Waals surface area contributed by atoms with Crippen molar-refractivity contribution in [2.45, 2.75) is 70.3 Å². The first-order valence-electron chi connectivity index (χ1n) is 10.3. The highest BCUT2D eigenvalue weighted by Crippen LogP contribution is 2.46. The van der Waals surface area contributed by atoms with E-state index in [0.717, 1.165) is 43.0 Å². The van der Waals surface area contributed by atoms with Crippen molar-refractivity contribution in [3.05, 3.63) is 46.7 Å². The molecular weight excluding hydrogens is 352 g/mol. The minimum atomic E-state index is -0.0954. The van der Waals surface area contributed by atoms with Crippen LogP contribution in [0.5, 0.6) is 0 Å². The van der Waals surface area contributed by atoms with Gasteiger partial charge in [0, 0.05) is 24.2 Å². The van der Waals surface area contributed by atoms with Crippen molar-refractivity contribution < 1.29 is 0 Å². The van der Waals surface area contributed by atoms with E-state index in [1.54, 1.807) is 18.6 Å². The molecule has 0 saturated heterocycles. The van der Waals surface area contributed by atoms with E-state index >= 15 is 0 Å². The summed E-state index contributed by atoms with van der Waals surface area (Å²) in [7, 11) is 0. The highest BCUT2D eigenvalue weighted by atomic mass is 16.1. The lowest BCUT2D eigenvalue weighted by atomic mass is 9.72. The van der Waals surface area contributed by atoms with Gasteiger partial charge in [0.2, 0.25) is 0 Å². The van der Waals surface area contributed by atoms with Crippen LogP contribution in [0.1, 0.15) is 81.9 Å². The summed E-state index contributed by atoms with van der Waals surface area (Å²) in [6, 6.07) is 2.15. The van der Waals surface area contributed by atoms with Crippen LogP contribution in [0, 0.1) is 5.41 Å². The Balaban J connectivity index is 1.49. The standard InChI is InChI=1S/C21H26N6O/c1-21(2)8-6-13(7-9-21)27-19-16(12-24-27)20(28)26-18(25-19)15-5-4-14(15)17-22-10-3-11-23-17/h3,10-15H,4-9H2,1-2H3,(H,25,26,28)/t14?,15-/m0/s1. The molecule has 5 rings (SSSR count). The van der Waals surface area contributed by atoms with Gasteiger partial charge in [-0.3, -0.25) is 4.79 Å². The van der Waals surface area contributed by atoms with Gasteiger partial charge in [-0.2, -0.15) is 5.10 Å². The van der Waals surface area contributed by atoms with Crippen LogP contribution in [0.2, 0.25) is 0 Å². The summed E-state index contributed by atoms with van der Waals surface area (Å²) in [5.41, 5.74) is 1.02. The summed E-state index contributed by atoms with van der Waals surface area (Å²) in [5, 5.41) is 5.14. The number of H-pyrrole nitrogens is 1. The normalized spacial score (nSPS) is 24.9. The summed E-state index contributed by atoms with van der Waals surface area (Å²) < 4.78 is 2.00. The van der Waals surface area contributed by atoms with Crippen LogP contribution < -0.4 is 5.56 Å². The minimum Gasteiger partial charge on any atom is -0.310 e. The van der Waals surface area contributed by atoms with Crippen LogP contribution in [-0.2, 0) is 0 Å². The SMILES string of the molecule is CC1(C)CCC(n2ncc3c(=O)[nH]c([C@H]4CCC4c4ncccn4)nc32)CC1. The average molecular weight is 378 g/mol. The predicted molar refractivity (Wildman–Crippen MR) is 106 cm³/mol. The highest BCUT2D eigenvalue weighted by Gasteiger charge is 2.37. The first kappa shape index (κ1) is 17.5. The molecule has 2 aliphatic rings. The molecule has 3 aromatic heterocycles. The molecule has 28 heavy (non-hydrogen) atoms. The van der Waals surface area contributed by atoms with Gasteiger partial charge in [0.25, 0.3) is 5.56 Å². The molecule has 1 unspecified atom stereocenters. The largest absolute Gasteiger partial charge is 0.310 e. The number of nitrogens with one attached hydrogen (secondary N) is 1. The number of aromatic amines is 1. The minimum absolute atomic E-state index is 0.0954. The Kier molecular flexibility index (Phi) is 4.07. The van der Waals surface area contributed by atoms with Gasteiger partial charge in [0.05, 0.1) is 12.2 Å².